The quantitative estimate of drug-likeness (QED) is 0.656. The van der Waals surface area contributed by atoms with Crippen molar-refractivity contribution in [2.24, 2.45) is 0 Å². The number of aromatic nitrogens is 2. The standard InChI is InChI=1S/C22H23N3O3/c1-13-6-5-7-19(14(13)2)25-20(26)12-28-22(27)18-10-8-17(9-11-18)21-23-15(3)16(4)24-21/h5-11H,12H2,1-4H3,(H,23,24)(H,25,26). The lowest BCUT2D eigenvalue weighted by Gasteiger charge is -2.10. The number of ether oxygens (including phenoxy) is 1. The Hall–Kier alpha value is -3.41. The third kappa shape index (κ3) is 4.28. The van der Waals surface area contributed by atoms with Gasteiger partial charge in [-0.2, -0.15) is 0 Å². The smallest absolute Gasteiger partial charge is 0.338 e. The van der Waals surface area contributed by atoms with Crippen molar-refractivity contribution in [3.63, 3.8) is 0 Å². The maximum absolute atomic E-state index is 12.2. The van der Waals surface area contributed by atoms with Crippen LogP contribution in [-0.4, -0.2) is 28.5 Å². The first kappa shape index (κ1) is 19.4. The number of anilines is 1. The summed E-state index contributed by atoms with van der Waals surface area (Å²) in [7, 11) is 0. The van der Waals surface area contributed by atoms with E-state index in [1.165, 1.54) is 0 Å². The number of hydrogen-bond acceptors (Lipinski definition) is 4. The van der Waals surface area contributed by atoms with Crippen LogP contribution in [0.1, 0.15) is 32.9 Å². The van der Waals surface area contributed by atoms with Crippen LogP contribution in [0.5, 0.6) is 0 Å². The number of aryl methyl sites for hydroxylation is 3. The van der Waals surface area contributed by atoms with Gasteiger partial charge in [0.2, 0.25) is 0 Å². The molecular formula is C22H23N3O3. The average Bonchev–Trinajstić information content (AvgIpc) is 3.02. The zero-order valence-electron chi connectivity index (χ0n) is 16.4. The van der Waals surface area contributed by atoms with Gasteiger partial charge in [0, 0.05) is 16.9 Å². The summed E-state index contributed by atoms with van der Waals surface area (Å²) >= 11 is 0. The van der Waals surface area contributed by atoms with Gasteiger partial charge in [-0.05, 0) is 57.0 Å². The third-order valence-electron chi connectivity index (χ3n) is 4.74. The average molecular weight is 377 g/mol. The molecule has 0 fully saturated rings. The zero-order chi connectivity index (χ0) is 20.3. The molecule has 0 aliphatic carbocycles. The zero-order valence-corrected chi connectivity index (χ0v) is 16.4. The number of imidazole rings is 1. The highest BCUT2D eigenvalue weighted by molar-refractivity contribution is 5.96. The fourth-order valence-electron chi connectivity index (χ4n) is 2.74. The van der Waals surface area contributed by atoms with Crippen molar-refractivity contribution in [1.82, 2.24) is 9.97 Å². The number of nitrogens with zero attached hydrogens (tertiary/aromatic N) is 1. The molecule has 0 saturated heterocycles. The number of aromatic amines is 1. The van der Waals surface area contributed by atoms with Gasteiger partial charge in [0.1, 0.15) is 5.82 Å². The van der Waals surface area contributed by atoms with Gasteiger partial charge < -0.3 is 15.0 Å². The molecule has 28 heavy (non-hydrogen) atoms. The normalized spacial score (nSPS) is 10.6. The van der Waals surface area contributed by atoms with Gasteiger partial charge in [-0.1, -0.05) is 24.3 Å². The number of rotatable bonds is 5. The van der Waals surface area contributed by atoms with E-state index >= 15 is 0 Å². The topological polar surface area (TPSA) is 84.1 Å². The summed E-state index contributed by atoms with van der Waals surface area (Å²) in [6.45, 7) is 7.45. The van der Waals surface area contributed by atoms with E-state index in [9.17, 15) is 9.59 Å². The number of carbonyl (C=O) groups excluding carboxylic acids is 2. The molecule has 6 heteroatoms. The van der Waals surface area contributed by atoms with E-state index in [-0.39, 0.29) is 12.5 Å². The Kier molecular flexibility index (Phi) is 5.59. The predicted octanol–water partition coefficient (Wildman–Crippen LogP) is 4.11. The fourth-order valence-corrected chi connectivity index (χ4v) is 2.74. The molecule has 3 aromatic rings. The monoisotopic (exact) mass is 377 g/mol. The fraction of sp³-hybridized carbons (Fsp3) is 0.227. The largest absolute Gasteiger partial charge is 0.452 e. The highest BCUT2D eigenvalue weighted by Gasteiger charge is 2.12. The summed E-state index contributed by atoms with van der Waals surface area (Å²) in [6, 6.07) is 12.6. The molecule has 0 atom stereocenters. The van der Waals surface area contributed by atoms with Gasteiger partial charge in [-0.15, -0.1) is 0 Å². The molecule has 6 nitrogen and oxygen atoms in total. The summed E-state index contributed by atoms with van der Waals surface area (Å²) in [5.41, 5.74) is 5.98. The van der Waals surface area contributed by atoms with Crippen molar-refractivity contribution >= 4 is 17.6 Å². The first-order chi connectivity index (χ1) is 13.3. The number of H-pyrrole nitrogens is 1. The van der Waals surface area contributed by atoms with E-state index in [0.29, 0.717) is 5.56 Å². The van der Waals surface area contributed by atoms with Crippen LogP contribution in [0.3, 0.4) is 0 Å². The second kappa shape index (κ2) is 8.08. The van der Waals surface area contributed by atoms with Crippen molar-refractivity contribution < 1.29 is 14.3 Å². The van der Waals surface area contributed by atoms with Crippen LogP contribution in [0.25, 0.3) is 11.4 Å². The van der Waals surface area contributed by atoms with Crippen molar-refractivity contribution in [2.45, 2.75) is 27.7 Å². The second-order valence-electron chi connectivity index (χ2n) is 6.74. The van der Waals surface area contributed by atoms with Crippen LogP contribution in [0.2, 0.25) is 0 Å². The van der Waals surface area contributed by atoms with Crippen LogP contribution in [0.15, 0.2) is 42.5 Å². The van der Waals surface area contributed by atoms with E-state index in [1.807, 2.05) is 45.9 Å². The maximum atomic E-state index is 12.2. The number of nitrogens with one attached hydrogen (secondary N) is 2. The van der Waals surface area contributed by atoms with Crippen molar-refractivity contribution in [3.8, 4) is 11.4 Å². The maximum Gasteiger partial charge on any atom is 0.338 e. The first-order valence-electron chi connectivity index (χ1n) is 9.02. The molecule has 144 valence electrons. The predicted molar refractivity (Wildman–Crippen MR) is 108 cm³/mol. The number of carbonyl (C=O) groups is 2. The first-order valence-corrected chi connectivity index (χ1v) is 9.02. The number of benzene rings is 2. The Morgan fingerprint density at radius 2 is 1.75 bits per heavy atom. The molecule has 1 amide bonds. The SMILES string of the molecule is Cc1cccc(NC(=O)COC(=O)c2ccc(-c3nc(C)c(C)[nH]3)cc2)c1C. The van der Waals surface area contributed by atoms with Gasteiger partial charge in [-0.3, -0.25) is 4.79 Å². The molecule has 3 rings (SSSR count). The van der Waals surface area contributed by atoms with Gasteiger partial charge in [0.25, 0.3) is 5.91 Å². The molecule has 0 bridgehead atoms. The van der Waals surface area contributed by atoms with Gasteiger partial charge in [-0.25, -0.2) is 9.78 Å². The Balaban J connectivity index is 1.58. The molecule has 1 heterocycles. The second-order valence-corrected chi connectivity index (χ2v) is 6.74. The molecule has 2 N–H and O–H groups in total. The summed E-state index contributed by atoms with van der Waals surface area (Å²) < 4.78 is 5.13. The van der Waals surface area contributed by atoms with E-state index in [0.717, 1.165) is 39.6 Å². The minimum atomic E-state index is -0.547. The Bertz CT molecular complexity index is 1000. The lowest BCUT2D eigenvalue weighted by atomic mass is 10.1. The molecule has 0 aliphatic rings. The highest BCUT2D eigenvalue weighted by atomic mass is 16.5. The highest BCUT2D eigenvalue weighted by Crippen LogP contribution is 2.19. The molecule has 1 aromatic heterocycles. The van der Waals surface area contributed by atoms with Crippen LogP contribution in [0.4, 0.5) is 5.69 Å². The summed E-state index contributed by atoms with van der Waals surface area (Å²) in [4.78, 5) is 31.9. The van der Waals surface area contributed by atoms with Crippen molar-refractivity contribution in [1.29, 1.82) is 0 Å². The Morgan fingerprint density at radius 1 is 1.04 bits per heavy atom. The van der Waals surface area contributed by atoms with Crippen molar-refractivity contribution in [2.75, 3.05) is 11.9 Å². The van der Waals surface area contributed by atoms with E-state index in [4.69, 9.17) is 4.74 Å². The van der Waals surface area contributed by atoms with Crippen LogP contribution in [-0.2, 0) is 9.53 Å². The van der Waals surface area contributed by atoms with Gasteiger partial charge in [0.05, 0.1) is 11.3 Å². The Morgan fingerprint density at radius 3 is 2.39 bits per heavy atom. The molecule has 0 aliphatic heterocycles. The number of hydrogen-bond donors (Lipinski definition) is 2. The van der Waals surface area contributed by atoms with Gasteiger partial charge >= 0.3 is 5.97 Å². The molecular weight excluding hydrogens is 354 g/mol. The van der Waals surface area contributed by atoms with E-state index < -0.39 is 5.97 Å². The third-order valence-corrected chi connectivity index (χ3v) is 4.74. The summed E-state index contributed by atoms with van der Waals surface area (Å²) in [5, 5.41) is 2.77. The number of amides is 1. The summed E-state index contributed by atoms with van der Waals surface area (Å²) in [5.74, 6) is -0.169. The minimum absolute atomic E-state index is 0.343. The molecule has 2 aromatic carbocycles. The van der Waals surface area contributed by atoms with E-state index in [2.05, 4.69) is 15.3 Å². The molecule has 0 spiro atoms. The Labute approximate surface area is 164 Å². The summed E-state index contributed by atoms with van der Waals surface area (Å²) in [6.07, 6.45) is 0. The van der Waals surface area contributed by atoms with E-state index in [1.54, 1.807) is 24.3 Å². The van der Waals surface area contributed by atoms with Crippen molar-refractivity contribution in [3.05, 3.63) is 70.5 Å². The lowest BCUT2D eigenvalue weighted by Crippen LogP contribution is -2.21. The molecule has 0 saturated carbocycles. The van der Waals surface area contributed by atoms with Crippen LogP contribution in [0, 0.1) is 27.7 Å². The van der Waals surface area contributed by atoms with Crippen LogP contribution >= 0.6 is 0 Å². The minimum Gasteiger partial charge on any atom is -0.452 e. The number of esters is 1. The lowest BCUT2D eigenvalue weighted by molar-refractivity contribution is -0.119. The molecule has 0 unspecified atom stereocenters. The van der Waals surface area contributed by atoms with Gasteiger partial charge in [0.15, 0.2) is 6.61 Å². The molecule has 0 radical (unpaired) electrons. The van der Waals surface area contributed by atoms with Crippen LogP contribution < -0.4 is 5.32 Å².